The molecule has 3 aromatic carbocycles. The first kappa shape index (κ1) is 22.6. The number of hydrogen-bond acceptors (Lipinski definition) is 2. The van der Waals surface area contributed by atoms with Crippen LogP contribution in [-0.4, -0.2) is 21.0 Å². The van der Waals surface area contributed by atoms with Crippen molar-refractivity contribution in [2.45, 2.75) is 23.3 Å². The maximum atomic E-state index is 12.7. The molecule has 0 saturated heterocycles. The zero-order chi connectivity index (χ0) is 21.7. The third-order valence-corrected chi connectivity index (χ3v) is 5.41. The predicted octanol–water partition coefficient (Wildman–Crippen LogP) is 5.49. The highest BCUT2D eigenvalue weighted by Gasteiger charge is 2.34. The third-order valence-electron chi connectivity index (χ3n) is 4.53. The number of carbonyl (C=O) groups is 1. The zero-order valence-corrected chi connectivity index (χ0v) is 19.2. The fourth-order valence-corrected chi connectivity index (χ4v) is 3.59. The van der Waals surface area contributed by atoms with Crippen molar-refractivity contribution in [3.05, 3.63) is 77.9 Å². The molecule has 0 aliphatic heterocycles. The normalized spacial score (nSPS) is 12.3. The van der Waals surface area contributed by atoms with Crippen LogP contribution in [0.15, 0.2) is 66.7 Å². The number of aryl methyl sites for hydroxylation is 1. The molecular weight excluding hydrogens is 461 g/mol. The lowest BCUT2D eigenvalue weighted by Gasteiger charge is -2.28. The van der Waals surface area contributed by atoms with Crippen molar-refractivity contribution in [2.24, 2.45) is 0 Å². The lowest BCUT2D eigenvalue weighted by molar-refractivity contribution is -0.121. The second-order valence-electron chi connectivity index (χ2n) is 6.77. The van der Waals surface area contributed by atoms with Gasteiger partial charge in [0.2, 0.25) is 9.70 Å². The lowest BCUT2D eigenvalue weighted by Crippen LogP contribution is -2.56. The van der Waals surface area contributed by atoms with Gasteiger partial charge in [-0.2, -0.15) is 0 Å². The van der Waals surface area contributed by atoms with Crippen LogP contribution in [0.5, 0.6) is 0 Å². The average Bonchev–Trinajstić information content (AvgIpc) is 2.69. The second kappa shape index (κ2) is 9.84. The molecule has 0 saturated carbocycles. The molecule has 1 amide bonds. The summed E-state index contributed by atoms with van der Waals surface area (Å²) in [5, 5.41) is 11.0. The van der Waals surface area contributed by atoms with E-state index in [1.54, 1.807) is 0 Å². The van der Waals surface area contributed by atoms with Gasteiger partial charge in [0.15, 0.2) is 5.11 Å². The average molecular weight is 481 g/mol. The van der Waals surface area contributed by atoms with E-state index in [-0.39, 0.29) is 17.4 Å². The molecule has 0 aliphatic rings. The number of carbonyl (C=O) groups excluding carboxylic acids is 1. The Morgan fingerprint density at radius 1 is 0.967 bits per heavy atom. The molecule has 0 unspecified atom stereocenters. The molecule has 3 aromatic rings. The number of fused-ring (bicyclic) bond motifs is 1. The number of nitrogens with one attached hydrogen (secondary N) is 3. The summed E-state index contributed by atoms with van der Waals surface area (Å²) in [6.45, 7) is 1.95. The van der Waals surface area contributed by atoms with Crippen LogP contribution in [0.25, 0.3) is 10.8 Å². The first-order valence-electron chi connectivity index (χ1n) is 9.20. The standard InChI is InChI=1S/C22H20Cl3N3OS/c1-14-7-2-5-12-18(14)26-21(30)28-20(22(23,24)25)27-19(29)13-16-10-6-9-15-8-3-4-11-17(15)16/h2-12,20H,13H2,1H3,(H,27,29)(H2,26,28,30)/t20-/m1/s1. The number of anilines is 1. The lowest BCUT2D eigenvalue weighted by atomic mass is 10.0. The largest absolute Gasteiger partial charge is 0.339 e. The maximum absolute atomic E-state index is 12.7. The van der Waals surface area contributed by atoms with Crippen molar-refractivity contribution >= 4 is 74.5 Å². The number of alkyl halides is 3. The number of para-hydroxylation sites is 1. The molecule has 0 heterocycles. The van der Waals surface area contributed by atoms with E-state index >= 15 is 0 Å². The maximum Gasteiger partial charge on any atom is 0.228 e. The Morgan fingerprint density at radius 2 is 1.63 bits per heavy atom. The van der Waals surface area contributed by atoms with E-state index in [9.17, 15) is 4.79 Å². The number of hydrogen-bond donors (Lipinski definition) is 3. The minimum absolute atomic E-state index is 0.137. The van der Waals surface area contributed by atoms with Crippen molar-refractivity contribution in [1.29, 1.82) is 0 Å². The van der Waals surface area contributed by atoms with E-state index in [1.807, 2.05) is 73.7 Å². The van der Waals surface area contributed by atoms with Crippen LogP contribution in [0.4, 0.5) is 5.69 Å². The number of halogens is 3. The monoisotopic (exact) mass is 479 g/mol. The van der Waals surface area contributed by atoms with Crippen molar-refractivity contribution < 1.29 is 4.79 Å². The predicted molar refractivity (Wildman–Crippen MR) is 130 cm³/mol. The van der Waals surface area contributed by atoms with E-state index in [2.05, 4.69) is 16.0 Å². The molecule has 0 fully saturated rings. The molecule has 0 aliphatic carbocycles. The SMILES string of the molecule is Cc1ccccc1NC(=S)N[C@@H](NC(=O)Cc1cccc2ccccc12)C(Cl)(Cl)Cl. The summed E-state index contributed by atoms with van der Waals surface area (Å²) < 4.78 is -1.81. The van der Waals surface area contributed by atoms with Crippen LogP contribution >= 0.6 is 47.0 Å². The van der Waals surface area contributed by atoms with Gasteiger partial charge < -0.3 is 16.0 Å². The van der Waals surface area contributed by atoms with Crippen LogP contribution < -0.4 is 16.0 Å². The molecule has 3 rings (SSSR count). The molecule has 0 aromatic heterocycles. The van der Waals surface area contributed by atoms with Crippen LogP contribution in [0.2, 0.25) is 0 Å². The highest BCUT2D eigenvalue weighted by Crippen LogP contribution is 2.29. The molecule has 1 atom stereocenters. The van der Waals surface area contributed by atoms with Crippen molar-refractivity contribution in [1.82, 2.24) is 10.6 Å². The molecule has 0 spiro atoms. The topological polar surface area (TPSA) is 53.2 Å². The second-order valence-corrected chi connectivity index (χ2v) is 9.55. The fourth-order valence-electron chi connectivity index (χ4n) is 3.03. The van der Waals surface area contributed by atoms with Crippen molar-refractivity contribution in [3.63, 3.8) is 0 Å². The molecule has 156 valence electrons. The molecular formula is C22H20Cl3N3OS. The Hall–Kier alpha value is -2.05. The van der Waals surface area contributed by atoms with Gasteiger partial charge in [-0.25, -0.2) is 0 Å². The van der Waals surface area contributed by atoms with Crippen molar-refractivity contribution in [3.8, 4) is 0 Å². The van der Waals surface area contributed by atoms with Gasteiger partial charge in [0.1, 0.15) is 6.17 Å². The highest BCUT2D eigenvalue weighted by molar-refractivity contribution is 7.80. The van der Waals surface area contributed by atoms with Gasteiger partial charge in [-0.1, -0.05) is 95.5 Å². The minimum atomic E-state index is -1.81. The number of rotatable bonds is 5. The van der Waals surface area contributed by atoms with Gasteiger partial charge in [-0.05, 0) is 47.1 Å². The Balaban J connectivity index is 1.69. The fraction of sp³-hybridized carbons (Fsp3) is 0.182. The summed E-state index contributed by atoms with van der Waals surface area (Å²) in [4.78, 5) is 12.7. The van der Waals surface area contributed by atoms with E-state index in [4.69, 9.17) is 47.0 Å². The van der Waals surface area contributed by atoms with Crippen LogP contribution in [0, 0.1) is 6.92 Å². The summed E-state index contributed by atoms with van der Waals surface area (Å²) in [7, 11) is 0. The molecule has 0 radical (unpaired) electrons. The van der Waals surface area contributed by atoms with Gasteiger partial charge >= 0.3 is 0 Å². The van der Waals surface area contributed by atoms with Gasteiger partial charge in [-0.15, -0.1) is 0 Å². The van der Waals surface area contributed by atoms with E-state index in [1.165, 1.54) is 0 Å². The number of thiocarbonyl (C=S) groups is 1. The van der Waals surface area contributed by atoms with E-state index in [0.717, 1.165) is 27.6 Å². The van der Waals surface area contributed by atoms with Gasteiger partial charge in [0.25, 0.3) is 0 Å². The van der Waals surface area contributed by atoms with Crippen LogP contribution in [-0.2, 0) is 11.2 Å². The Kier molecular flexibility index (Phi) is 7.42. The van der Waals surface area contributed by atoms with Crippen LogP contribution in [0.3, 0.4) is 0 Å². The Bertz CT molecular complexity index is 1060. The summed E-state index contributed by atoms with van der Waals surface area (Å²) in [5.74, 6) is -0.297. The quantitative estimate of drug-likeness (QED) is 0.257. The van der Waals surface area contributed by atoms with Crippen LogP contribution in [0.1, 0.15) is 11.1 Å². The van der Waals surface area contributed by atoms with Crippen molar-refractivity contribution in [2.75, 3.05) is 5.32 Å². The smallest absolute Gasteiger partial charge is 0.228 e. The van der Waals surface area contributed by atoms with Gasteiger partial charge in [-0.3, -0.25) is 4.79 Å². The zero-order valence-electron chi connectivity index (χ0n) is 16.1. The Morgan fingerprint density at radius 3 is 2.37 bits per heavy atom. The molecule has 3 N–H and O–H groups in total. The van der Waals surface area contributed by atoms with Gasteiger partial charge in [0, 0.05) is 5.69 Å². The third kappa shape index (κ3) is 5.99. The molecule has 4 nitrogen and oxygen atoms in total. The number of amides is 1. The molecule has 8 heteroatoms. The summed E-state index contributed by atoms with van der Waals surface area (Å²) in [5.41, 5.74) is 2.71. The van der Waals surface area contributed by atoms with E-state index in [0.29, 0.717) is 0 Å². The summed E-state index contributed by atoms with van der Waals surface area (Å²) >= 11 is 23.6. The summed E-state index contributed by atoms with van der Waals surface area (Å²) in [6, 6.07) is 21.3. The molecule has 0 bridgehead atoms. The first-order valence-corrected chi connectivity index (χ1v) is 10.7. The van der Waals surface area contributed by atoms with Gasteiger partial charge in [0.05, 0.1) is 6.42 Å². The Labute approximate surface area is 195 Å². The summed E-state index contributed by atoms with van der Waals surface area (Å²) in [6.07, 6.45) is -0.882. The minimum Gasteiger partial charge on any atom is -0.339 e. The number of benzene rings is 3. The molecule has 30 heavy (non-hydrogen) atoms. The first-order chi connectivity index (χ1) is 14.2. The van der Waals surface area contributed by atoms with E-state index < -0.39 is 9.96 Å². The highest BCUT2D eigenvalue weighted by atomic mass is 35.6.